The highest BCUT2D eigenvalue weighted by Crippen LogP contribution is 2.25. The standard InChI is InChI=1S/C18H23N5O4S/c1-18(2,3)27-17(26)23-8-4-7-22(9-10-23)15-19-6-5-12(20-15)11-13-14(24)21-16(25)28-13/h5-6,11H,4,7-10H2,1-3H3,(H,21,24,25)/b13-11-. The van der Waals surface area contributed by atoms with Gasteiger partial charge in [0, 0.05) is 32.4 Å². The zero-order chi connectivity index (χ0) is 20.3. The molecular formula is C18H23N5O4S. The van der Waals surface area contributed by atoms with Gasteiger partial charge in [-0.3, -0.25) is 14.9 Å². The first kappa shape index (κ1) is 20.1. The van der Waals surface area contributed by atoms with Gasteiger partial charge in [0.15, 0.2) is 0 Å². The number of anilines is 1. The maximum atomic E-state index is 12.3. The van der Waals surface area contributed by atoms with Gasteiger partial charge in [0.1, 0.15) is 5.60 Å². The van der Waals surface area contributed by atoms with Gasteiger partial charge in [-0.15, -0.1) is 0 Å². The Labute approximate surface area is 167 Å². The monoisotopic (exact) mass is 405 g/mol. The Morgan fingerprint density at radius 3 is 2.71 bits per heavy atom. The highest BCUT2D eigenvalue weighted by Gasteiger charge is 2.26. The molecule has 0 aromatic carbocycles. The van der Waals surface area contributed by atoms with Gasteiger partial charge in [0.25, 0.3) is 11.1 Å². The van der Waals surface area contributed by atoms with Crippen molar-refractivity contribution in [3.8, 4) is 0 Å². The van der Waals surface area contributed by atoms with E-state index >= 15 is 0 Å². The van der Waals surface area contributed by atoms with E-state index < -0.39 is 11.5 Å². The van der Waals surface area contributed by atoms with Gasteiger partial charge in [-0.1, -0.05) is 0 Å². The fraction of sp³-hybridized carbons (Fsp3) is 0.500. The normalized spacial score (nSPS) is 19.6. The van der Waals surface area contributed by atoms with Gasteiger partial charge in [-0.2, -0.15) is 0 Å². The lowest BCUT2D eigenvalue weighted by Crippen LogP contribution is -2.39. The number of ether oxygens (including phenoxy) is 1. The second kappa shape index (κ2) is 8.17. The van der Waals surface area contributed by atoms with Gasteiger partial charge in [-0.05, 0) is 51.1 Å². The summed E-state index contributed by atoms with van der Waals surface area (Å²) in [4.78, 5) is 48.1. The van der Waals surface area contributed by atoms with E-state index in [1.165, 1.54) is 0 Å². The minimum atomic E-state index is -0.528. The molecule has 3 heterocycles. The Hall–Kier alpha value is -2.62. The molecule has 0 radical (unpaired) electrons. The summed E-state index contributed by atoms with van der Waals surface area (Å²) in [5.74, 6) is 0.105. The largest absolute Gasteiger partial charge is 0.444 e. The van der Waals surface area contributed by atoms with Crippen LogP contribution in [0.5, 0.6) is 0 Å². The molecule has 2 aliphatic rings. The summed E-state index contributed by atoms with van der Waals surface area (Å²) in [5, 5.41) is 1.83. The molecule has 3 amide bonds. The average molecular weight is 405 g/mol. The highest BCUT2D eigenvalue weighted by molar-refractivity contribution is 8.18. The molecule has 0 bridgehead atoms. The number of hydrogen-bond acceptors (Lipinski definition) is 8. The van der Waals surface area contributed by atoms with E-state index in [4.69, 9.17) is 4.74 Å². The first-order valence-electron chi connectivity index (χ1n) is 9.02. The first-order chi connectivity index (χ1) is 13.2. The Morgan fingerprint density at radius 1 is 1.25 bits per heavy atom. The third-order valence-corrected chi connectivity index (χ3v) is 4.83. The van der Waals surface area contributed by atoms with Gasteiger partial charge >= 0.3 is 6.09 Å². The van der Waals surface area contributed by atoms with Crippen LogP contribution in [0, 0.1) is 0 Å². The van der Waals surface area contributed by atoms with Crippen LogP contribution >= 0.6 is 11.8 Å². The summed E-state index contributed by atoms with van der Waals surface area (Å²) >= 11 is 0.851. The summed E-state index contributed by atoms with van der Waals surface area (Å²) in [6, 6.07) is 1.68. The molecule has 1 aromatic rings. The fourth-order valence-corrected chi connectivity index (χ4v) is 3.44. The lowest BCUT2D eigenvalue weighted by Gasteiger charge is -2.26. The molecule has 28 heavy (non-hydrogen) atoms. The summed E-state index contributed by atoms with van der Waals surface area (Å²) < 4.78 is 5.45. The van der Waals surface area contributed by atoms with Crippen molar-refractivity contribution in [2.45, 2.75) is 32.8 Å². The Balaban J connectivity index is 1.68. The highest BCUT2D eigenvalue weighted by atomic mass is 32.2. The fourth-order valence-electron chi connectivity index (χ4n) is 2.78. The molecule has 0 aliphatic carbocycles. The van der Waals surface area contributed by atoms with Gasteiger partial charge < -0.3 is 14.5 Å². The van der Waals surface area contributed by atoms with Crippen molar-refractivity contribution in [3.05, 3.63) is 22.9 Å². The molecule has 3 rings (SSSR count). The molecule has 2 saturated heterocycles. The van der Waals surface area contributed by atoms with Gasteiger partial charge in [-0.25, -0.2) is 14.8 Å². The van der Waals surface area contributed by atoms with E-state index in [1.54, 1.807) is 23.2 Å². The van der Waals surface area contributed by atoms with E-state index in [9.17, 15) is 14.4 Å². The van der Waals surface area contributed by atoms with Crippen molar-refractivity contribution in [1.82, 2.24) is 20.2 Å². The lowest BCUT2D eigenvalue weighted by molar-refractivity contribution is -0.115. The molecule has 0 spiro atoms. The molecule has 10 heteroatoms. The quantitative estimate of drug-likeness (QED) is 0.747. The summed E-state index contributed by atoms with van der Waals surface area (Å²) in [6.07, 6.45) is 3.63. The zero-order valence-electron chi connectivity index (χ0n) is 16.1. The van der Waals surface area contributed by atoms with Crippen LogP contribution in [0.1, 0.15) is 32.9 Å². The lowest BCUT2D eigenvalue weighted by atomic mass is 10.2. The Bertz CT molecular complexity index is 820. The molecular weight excluding hydrogens is 382 g/mol. The molecule has 2 fully saturated rings. The van der Waals surface area contributed by atoms with E-state index in [-0.39, 0.29) is 11.3 Å². The van der Waals surface area contributed by atoms with Crippen LogP contribution < -0.4 is 10.2 Å². The number of hydrogen-bond donors (Lipinski definition) is 1. The second-order valence-corrected chi connectivity index (χ2v) is 8.46. The smallest absolute Gasteiger partial charge is 0.410 e. The van der Waals surface area contributed by atoms with Crippen LogP contribution in [-0.4, -0.2) is 63.9 Å². The molecule has 9 nitrogen and oxygen atoms in total. The van der Waals surface area contributed by atoms with Gasteiger partial charge in [0.2, 0.25) is 5.95 Å². The third kappa shape index (κ3) is 5.22. The van der Waals surface area contributed by atoms with Crippen molar-refractivity contribution in [1.29, 1.82) is 0 Å². The topological polar surface area (TPSA) is 105 Å². The predicted molar refractivity (Wildman–Crippen MR) is 106 cm³/mol. The number of aromatic nitrogens is 2. The number of amides is 3. The van der Waals surface area contributed by atoms with Crippen LogP contribution in [0.2, 0.25) is 0 Å². The van der Waals surface area contributed by atoms with Crippen molar-refractivity contribution >= 4 is 41.0 Å². The van der Waals surface area contributed by atoms with Crippen molar-refractivity contribution < 1.29 is 19.1 Å². The molecule has 150 valence electrons. The van der Waals surface area contributed by atoms with Crippen LogP contribution in [0.4, 0.5) is 15.5 Å². The number of carbonyl (C=O) groups excluding carboxylic acids is 3. The Kier molecular flexibility index (Phi) is 5.87. The van der Waals surface area contributed by atoms with Crippen molar-refractivity contribution in [2.24, 2.45) is 0 Å². The second-order valence-electron chi connectivity index (χ2n) is 7.44. The third-order valence-electron chi connectivity index (χ3n) is 4.02. The first-order valence-corrected chi connectivity index (χ1v) is 9.84. The minimum absolute atomic E-state index is 0.307. The van der Waals surface area contributed by atoms with Crippen molar-refractivity contribution in [2.75, 3.05) is 31.1 Å². The van der Waals surface area contributed by atoms with E-state index in [2.05, 4.69) is 15.3 Å². The summed E-state index contributed by atoms with van der Waals surface area (Å²) in [7, 11) is 0. The molecule has 0 saturated carbocycles. The maximum absolute atomic E-state index is 12.3. The van der Waals surface area contributed by atoms with E-state index in [0.29, 0.717) is 42.7 Å². The molecule has 2 aliphatic heterocycles. The van der Waals surface area contributed by atoms with Gasteiger partial charge in [0.05, 0.1) is 10.6 Å². The summed E-state index contributed by atoms with van der Waals surface area (Å²) in [6.45, 7) is 7.93. The molecule has 1 N–H and O–H groups in total. The molecule has 1 aromatic heterocycles. The van der Waals surface area contributed by atoms with E-state index in [1.807, 2.05) is 25.7 Å². The van der Waals surface area contributed by atoms with Crippen LogP contribution in [-0.2, 0) is 9.53 Å². The SMILES string of the molecule is CC(C)(C)OC(=O)N1CCCN(c2nccc(/C=C3\SC(=O)NC3=O)n2)CC1. The predicted octanol–water partition coefficient (Wildman–Crippen LogP) is 2.25. The minimum Gasteiger partial charge on any atom is -0.444 e. The number of rotatable bonds is 2. The Morgan fingerprint density at radius 2 is 2.04 bits per heavy atom. The van der Waals surface area contributed by atoms with Crippen molar-refractivity contribution in [3.63, 3.8) is 0 Å². The molecule has 0 atom stereocenters. The van der Waals surface area contributed by atoms with Crippen LogP contribution in [0.25, 0.3) is 6.08 Å². The van der Waals surface area contributed by atoms with Crippen LogP contribution in [0.15, 0.2) is 17.2 Å². The zero-order valence-corrected chi connectivity index (χ0v) is 16.9. The maximum Gasteiger partial charge on any atom is 0.410 e. The number of thioether (sulfide) groups is 1. The molecule has 0 unspecified atom stereocenters. The number of nitrogens with zero attached hydrogens (tertiary/aromatic N) is 4. The number of nitrogens with one attached hydrogen (secondary N) is 1. The summed E-state index contributed by atoms with van der Waals surface area (Å²) in [5.41, 5.74) is 0.0190. The van der Waals surface area contributed by atoms with E-state index in [0.717, 1.165) is 18.2 Å². The number of imide groups is 1. The number of carbonyl (C=O) groups is 3. The van der Waals surface area contributed by atoms with Crippen LogP contribution in [0.3, 0.4) is 0 Å². The average Bonchev–Trinajstić information content (AvgIpc) is 2.81.